The van der Waals surface area contributed by atoms with Gasteiger partial charge in [0.15, 0.2) is 0 Å². The summed E-state index contributed by atoms with van der Waals surface area (Å²) in [5.74, 6) is -1.48. The molecule has 0 aliphatic rings. The Labute approximate surface area is 104 Å². The van der Waals surface area contributed by atoms with E-state index >= 15 is 0 Å². The first kappa shape index (κ1) is 16.1. The molecule has 17 heavy (non-hydrogen) atoms. The van der Waals surface area contributed by atoms with Crippen LogP contribution in [0.3, 0.4) is 0 Å². The van der Waals surface area contributed by atoms with Gasteiger partial charge in [0.1, 0.15) is 6.54 Å². The summed E-state index contributed by atoms with van der Waals surface area (Å²) < 4.78 is 37.0. The minimum atomic E-state index is -4.42. The van der Waals surface area contributed by atoms with E-state index < -0.39 is 30.6 Å². The second-order valence-electron chi connectivity index (χ2n) is 4.04. The van der Waals surface area contributed by atoms with Crippen LogP contribution in [0.4, 0.5) is 13.2 Å². The van der Waals surface area contributed by atoms with Crippen LogP contribution in [0.1, 0.15) is 27.2 Å². The fourth-order valence-electron chi connectivity index (χ4n) is 1.41. The number of hydrogen-bond acceptors (Lipinski definition) is 2. The topological polar surface area (TPSA) is 46.3 Å². The fourth-order valence-corrected chi connectivity index (χ4v) is 1.67. The maximum atomic E-state index is 12.3. The van der Waals surface area contributed by atoms with Crippen LogP contribution in [0, 0.1) is 5.92 Å². The first-order valence-corrected chi connectivity index (χ1v) is 5.67. The number of nitrogens with zero attached hydrogens (tertiary/aromatic N) is 1. The van der Waals surface area contributed by atoms with E-state index in [4.69, 9.17) is 5.73 Å². The zero-order valence-electron chi connectivity index (χ0n) is 10.0. The third-order valence-corrected chi connectivity index (χ3v) is 2.59. The molecule has 0 radical (unpaired) electrons. The van der Waals surface area contributed by atoms with Gasteiger partial charge in [-0.25, -0.2) is 0 Å². The molecule has 0 rings (SSSR count). The monoisotopic (exact) mass is 270 g/mol. The highest BCUT2D eigenvalue weighted by Gasteiger charge is 2.36. The minimum Gasteiger partial charge on any atom is -0.393 e. The first-order valence-electron chi connectivity index (χ1n) is 5.26. The fraction of sp³-hybridized carbons (Fsp3) is 0.800. The number of carbonyl (C=O) groups is 1. The van der Waals surface area contributed by atoms with Crippen molar-refractivity contribution in [2.24, 2.45) is 11.7 Å². The molecule has 7 heteroatoms. The average molecular weight is 270 g/mol. The number of hydrogen-bond donors (Lipinski definition) is 1. The lowest BCUT2D eigenvalue weighted by Gasteiger charge is -2.30. The SMILES string of the molecule is CCC(C(=O)N(CC(F)(F)F)C(C)C)C(N)=S. The summed E-state index contributed by atoms with van der Waals surface area (Å²) in [6, 6.07) is -0.549. The molecule has 0 fully saturated rings. The van der Waals surface area contributed by atoms with Gasteiger partial charge in [0.05, 0.1) is 10.9 Å². The summed E-state index contributed by atoms with van der Waals surface area (Å²) in [4.78, 5) is 12.6. The molecule has 1 amide bonds. The average Bonchev–Trinajstić information content (AvgIpc) is 2.12. The molecule has 0 aliphatic heterocycles. The molecule has 0 saturated heterocycles. The quantitative estimate of drug-likeness (QED) is 0.778. The number of carbonyl (C=O) groups excluding carboxylic acids is 1. The van der Waals surface area contributed by atoms with Gasteiger partial charge in [-0.05, 0) is 20.3 Å². The van der Waals surface area contributed by atoms with Crippen molar-refractivity contribution in [1.29, 1.82) is 0 Å². The van der Waals surface area contributed by atoms with Crippen LogP contribution in [0.5, 0.6) is 0 Å². The van der Waals surface area contributed by atoms with Gasteiger partial charge >= 0.3 is 6.18 Å². The van der Waals surface area contributed by atoms with E-state index in [2.05, 4.69) is 12.2 Å². The van der Waals surface area contributed by atoms with Crippen LogP contribution in [0.15, 0.2) is 0 Å². The van der Waals surface area contributed by atoms with Crippen molar-refractivity contribution in [2.75, 3.05) is 6.54 Å². The smallest absolute Gasteiger partial charge is 0.393 e. The summed E-state index contributed by atoms with van der Waals surface area (Å²) in [6.45, 7) is 3.43. The third kappa shape index (κ3) is 5.34. The van der Waals surface area contributed by atoms with Crippen molar-refractivity contribution in [1.82, 2.24) is 4.90 Å². The Kier molecular flexibility index (Phi) is 5.87. The number of thiocarbonyl (C=S) groups is 1. The molecular formula is C10H17F3N2OS. The minimum absolute atomic E-state index is 0.0645. The molecule has 2 N–H and O–H groups in total. The van der Waals surface area contributed by atoms with Crippen molar-refractivity contribution >= 4 is 23.1 Å². The van der Waals surface area contributed by atoms with Gasteiger partial charge in [0.25, 0.3) is 0 Å². The number of nitrogens with two attached hydrogens (primary N) is 1. The third-order valence-electron chi connectivity index (χ3n) is 2.31. The molecular weight excluding hydrogens is 253 g/mol. The molecule has 0 saturated carbocycles. The summed E-state index contributed by atoms with van der Waals surface area (Å²) in [6.07, 6.45) is -4.12. The van der Waals surface area contributed by atoms with Crippen molar-refractivity contribution in [2.45, 2.75) is 39.4 Å². The lowest BCUT2D eigenvalue weighted by molar-refractivity contribution is -0.165. The molecule has 0 bridgehead atoms. The number of halogens is 3. The van der Waals surface area contributed by atoms with E-state index in [9.17, 15) is 18.0 Å². The lowest BCUT2D eigenvalue weighted by atomic mass is 10.0. The number of rotatable bonds is 5. The van der Waals surface area contributed by atoms with Crippen molar-refractivity contribution in [3.8, 4) is 0 Å². The lowest BCUT2D eigenvalue weighted by Crippen LogP contribution is -2.48. The van der Waals surface area contributed by atoms with E-state index in [1.807, 2.05) is 0 Å². The van der Waals surface area contributed by atoms with Gasteiger partial charge < -0.3 is 10.6 Å². The molecule has 1 unspecified atom stereocenters. The number of amides is 1. The predicted octanol–water partition coefficient (Wildman–Crippen LogP) is 2.10. The molecule has 0 aromatic carbocycles. The zero-order chi connectivity index (χ0) is 13.8. The highest BCUT2D eigenvalue weighted by atomic mass is 32.1. The maximum Gasteiger partial charge on any atom is 0.406 e. The normalized spacial score (nSPS) is 13.6. The van der Waals surface area contributed by atoms with E-state index in [1.54, 1.807) is 6.92 Å². The molecule has 0 spiro atoms. The molecule has 100 valence electrons. The van der Waals surface area contributed by atoms with Crippen LogP contribution >= 0.6 is 12.2 Å². The largest absolute Gasteiger partial charge is 0.406 e. The predicted molar refractivity (Wildman–Crippen MR) is 63.5 cm³/mol. The highest BCUT2D eigenvalue weighted by Crippen LogP contribution is 2.20. The molecule has 3 nitrogen and oxygen atoms in total. The van der Waals surface area contributed by atoms with E-state index in [0.717, 1.165) is 4.90 Å². The Hall–Kier alpha value is -0.850. The van der Waals surface area contributed by atoms with Gasteiger partial charge in [0, 0.05) is 6.04 Å². The Morgan fingerprint density at radius 1 is 1.41 bits per heavy atom. The van der Waals surface area contributed by atoms with Gasteiger partial charge in [0.2, 0.25) is 5.91 Å². The van der Waals surface area contributed by atoms with Gasteiger partial charge in [-0.2, -0.15) is 13.2 Å². The number of alkyl halides is 3. The van der Waals surface area contributed by atoms with E-state index in [0.29, 0.717) is 6.42 Å². The molecule has 0 heterocycles. The summed E-state index contributed by atoms with van der Waals surface area (Å²) in [7, 11) is 0. The maximum absolute atomic E-state index is 12.3. The van der Waals surface area contributed by atoms with Crippen LogP contribution in [-0.4, -0.2) is 34.6 Å². The molecule has 1 atom stereocenters. The standard InChI is InChI=1S/C10H17F3N2OS/c1-4-7(8(14)17)9(16)15(6(2)3)5-10(11,12)13/h6-7H,4-5H2,1-3H3,(H2,14,17). The van der Waals surface area contributed by atoms with E-state index in [-0.39, 0.29) is 4.99 Å². The van der Waals surface area contributed by atoms with Gasteiger partial charge in [-0.1, -0.05) is 19.1 Å². The van der Waals surface area contributed by atoms with Crippen LogP contribution < -0.4 is 5.73 Å². The van der Waals surface area contributed by atoms with Gasteiger partial charge in [-0.3, -0.25) is 4.79 Å². The van der Waals surface area contributed by atoms with Crippen LogP contribution in [-0.2, 0) is 4.79 Å². The van der Waals surface area contributed by atoms with Crippen LogP contribution in [0.25, 0.3) is 0 Å². The Bertz CT molecular complexity index is 292. The first-order chi connectivity index (χ1) is 7.60. The zero-order valence-corrected chi connectivity index (χ0v) is 10.9. The molecule has 0 aliphatic carbocycles. The van der Waals surface area contributed by atoms with Crippen LogP contribution in [0.2, 0.25) is 0 Å². The van der Waals surface area contributed by atoms with Crippen molar-refractivity contribution < 1.29 is 18.0 Å². The summed E-state index contributed by atoms with van der Waals surface area (Å²) >= 11 is 4.69. The summed E-state index contributed by atoms with van der Waals surface area (Å²) in [5.41, 5.74) is 5.35. The second-order valence-corrected chi connectivity index (χ2v) is 4.51. The second kappa shape index (κ2) is 6.18. The highest BCUT2D eigenvalue weighted by molar-refractivity contribution is 7.80. The Balaban J connectivity index is 4.94. The summed E-state index contributed by atoms with van der Waals surface area (Å²) in [5, 5.41) is 0. The van der Waals surface area contributed by atoms with Crippen molar-refractivity contribution in [3.63, 3.8) is 0 Å². The van der Waals surface area contributed by atoms with Gasteiger partial charge in [-0.15, -0.1) is 0 Å². The molecule has 0 aromatic rings. The molecule has 0 aromatic heterocycles. The van der Waals surface area contributed by atoms with E-state index in [1.165, 1.54) is 13.8 Å². The van der Waals surface area contributed by atoms with Crippen molar-refractivity contribution in [3.05, 3.63) is 0 Å². The Morgan fingerprint density at radius 3 is 2.12 bits per heavy atom. The Morgan fingerprint density at radius 2 is 1.88 bits per heavy atom.